The molecule has 0 aliphatic rings. The van der Waals surface area contributed by atoms with E-state index >= 15 is 0 Å². The summed E-state index contributed by atoms with van der Waals surface area (Å²) in [4.78, 5) is 36.5. The third-order valence-corrected chi connectivity index (χ3v) is 11.4. The van der Waals surface area contributed by atoms with Gasteiger partial charge < -0.3 is 20.9 Å². The zero-order valence-corrected chi connectivity index (χ0v) is 36.8. The van der Waals surface area contributed by atoms with Crippen molar-refractivity contribution in [3.05, 3.63) is 0 Å². The summed E-state index contributed by atoms with van der Waals surface area (Å²) in [5.41, 5.74) is 5.50. The van der Waals surface area contributed by atoms with Crippen LogP contribution < -0.4 is 11.1 Å². The number of hydrogen-bond acceptors (Lipinski definition) is 5. The number of unbranched alkanes of at least 4 members (excludes halogenated alkanes) is 31. The van der Waals surface area contributed by atoms with Gasteiger partial charge in [-0.3, -0.25) is 9.59 Å². The molecule has 0 aromatic carbocycles. The van der Waals surface area contributed by atoms with Crippen LogP contribution in [0.1, 0.15) is 271 Å². The zero-order valence-electron chi connectivity index (χ0n) is 36.8. The molecule has 0 aliphatic carbocycles. The Kier molecular flexibility index (Phi) is 42.2. The van der Waals surface area contributed by atoms with Gasteiger partial charge in [-0.25, -0.2) is 4.79 Å². The van der Waals surface area contributed by atoms with Gasteiger partial charge in [0.05, 0.1) is 0 Å². The van der Waals surface area contributed by atoms with Crippen LogP contribution in [0.5, 0.6) is 0 Å². The second-order valence-corrected chi connectivity index (χ2v) is 16.9. The number of carboxylic acid groups (broad SMARTS) is 1. The topological polar surface area (TPSA) is 119 Å². The molecule has 0 rings (SSSR count). The van der Waals surface area contributed by atoms with Gasteiger partial charge in [0.2, 0.25) is 5.91 Å². The van der Waals surface area contributed by atoms with E-state index in [-0.39, 0.29) is 18.0 Å². The van der Waals surface area contributed by atoms with E-state index < -0.39 is 12.0 Å². The van der Waals surface area contributed by atoms with E-state index in [2.05, 4.69) is 19.2 Å². The van der Waals surface area contributed by atoms with Crippen LogP contribution in [0, 0.1) is 0 Å². The van der Waals surface area contributed by atoms with Gasteiger partial charge in [-0.05, 0) is 57.9 Å². The smallest absolute Gasteiger partial charge is 0.326 e. The Morgan fingerprint density at radius 3 is 1.13 bits per heavy atom. The second kappa shape index (κ2) is 43.5. The molecule has 326 valence electrons. The lowest BCUT2D eigenvalue weighted by Crippen LogP contribution is -2.40. The number of nitrogens with two attached hydrogens (primary N) is 1. The molecule has 0 saturated heterocycles. The first-order chi connectivity index (χ1) is 26.9. The lowest BCUT2D eigenvalue weighted by Gasteiger charge is -2.18. The Balaban J connectivity index is 4.27. The van der Waals surface area contributed by atoms with Crippen molar-refractivity contribution in [1.29, 1.82) is 0 Å². The minimum absolute atomic E-state index is 0.0120. The average Bonchev–Trinajstić information content (AvgIpc) is 3.17. The van der Waals surface area contributed by atoms with E-state index in [1.54, 1.807) is 0 Å². The van der Waals surface area contributed by atoms with Crippen molar-refractivity contribution >= 4 is 17.8 Å². The maximum atomic E-state index is 12.8. The number of carbonyl (C=O) groups is 3. The lowest BCUT2D eigenvalue weighted by atomic mass is 10.0. The van der Waals surface area contributed by atoms with Crippen molar-refractivity contribution in [3.8, 4) is 0 Å². The highest BCUT2D eigenvalue weighted by atomic mass is 16.5. The van der Waals surface area contributed by atoms with E-state index in [1.807, 2.05) is 0 Å². The quantitative estimate of drug-likeness (QED) is 0.0418. The monoisotopic (exact) mass is 779 g/mol. The summed E-state index contributed by atoms with van der Waals surface area (Å²) in [6, 6.07) is -0.852. The average molecular weight is 779 g/mol. The Morgan fingerprint density at radius 1 is 0.455 bits per heavy atom. The van der Waals surface area contributed by atoms with Crippen molar-refractivity contribution in [2.45, 2.75) is 283 Å². The molecule has 55 heavy (non-hydrogen) atoms. The molecule has 7 heteroatoms. The van der Waals surface area contributed by atoms with Crippen molar-refractivity contribution < 1.29 is 24.2 Å². The first kappa shape index (κ1) is 53.4. The minimum atomic E-state index is -0.999. The molecule has 2 unspecified atom stereocenters. The highest BCUT2D eigenvalue weighted by Gasteiger charge is 2.19. The van der Waals surface area contributed by atoms with Crippen molar-refractivity contribution in [2.24, 2.45) is 5.73 Å². The standard InChI is InChI=1S/C48H94N2O5/c1-3-5-7-9-11-13-15-17-19-20-22-24-26-29-33-38-44(39-34-30-28-31-35-41-46(51)50-45(48(53)54)40-37-43-49)55-47(52)42-36-32-27-25-23-21-18-16-14-12-10-8-6-4-2/h44-45H,3-43,49H2,1-2H3,(H,50,51)(H,53,54). The predicted octanol–water partition coefficient (Wildman–Crippen LogP) is 14.1. The van der Waals surface area contributed by atoms with Crippen LogP contribution in [-0.2, 0) is 19.1 Å². The fourth-order valence-corrected chi connectivity index (χ4v) is 7.75. The number of nitrogens with one attached hydrogen (secondary N) is 1. The summed E-state index contributed by atoms with van der Waals surface area (Å²) in [6.07, 6.45) is 47.2. The van der Waals surface area contributed by atoms with Crippen LogP contribution in [0.2, 0.25) is 0 Å². The number of carboxylic acids is 1. The molecule has 4 N–H and O–H groups in total. The third kappa shape index (κ3) is 40.4. The first-order valence-electron chi connectivity index (χ1n) is 24.4. The van der Waals surface area contributed by atoms with Crippen LogP contribution in [0.15, 0.2) is 0 Å². The summed E-state index contributed by atoms with van der Waals surface area (Å²) in [7, 11) is 0. The van der Waals surface area contributed by atoms with Crippen molar-refractivity contribution in [3.63, 3.8) is 0 Å². The SMILES string of the molecule is CCCCCCCCCCCCCCCCCC(CCCCCCCC(=O)NC(CCCN)C(=O)O)OC(=O)CCCCCCCCCCCCCCCC. The van der Waals surface area contributed by atoms with E-state index in [4.69, 9.17) is 10.5 Å². The van der Waals surface area contributed by atoms with Crippen molar-refractivity contribution in [1.82, 2.24) is 5.32 Å². The largest absolute Gasteiger partial charge is 0.480 e. The fourth-order valence-electron chi connectivity index (χ4n) is 7.75. The number of hydrogen-bond donors (Lipinski definition) is 3. The number of amides is 1. The van der Waals surface area contributed by atoms with Gasteiger partial charge in [0.25, 0.3) is 0 Å². The Morgan fingerprint density at radius 2 is 0.782 bits per heavy atom. The highest BCUT2D eigenvalue weighted by molar-refractivity contribution is 5.83. The molecule has 0 aromatic rings. The van der Waals surface area contributed by atoms with Crippen molar-refractivity contribution in [2.75, 3.05) is 6.54 Å². The molecular weight excluding hydrogens is 685 g/mol. The minimum Gasteiger partial charge on any atom is -0.480 e. The Bertz CT molecular complexity index is 837. The maximum absolute atomic E-state index is 12.8. The number of rotatable bonds is 45. The molecule has 0 saturated carbocycles. The highest BCUT2D eigenvalue weighted by Crippen LogP contribution is 2.20. The molecule has 0 bridgehead atoms. The maximum Gasteiger partial charge on any atom is 0.326 e. The molecule has 1 amide bonds. The predicted molar refractivity (Wildman–Crippen MR) is 235 cm³/mol. The van der Waals surface area contributed by atoms with E-state index in [0.29, 0.717) is 32.2 Å². The summed E-state index contributed by atoms with van der Waals surface area (Å²) in [6.45, 7) is 4.98. The van der Waals surface area contributed by atoms with Gasteiger partial charge in [-0.15, -0.1) is 0 Å². The van der Waals surface area contributed by atoms with Gasteiger partial charge in [0.1, 0.15) is 12.1 Å². The zero-order chi connectivity index (χ0) is 40.3. The Labute approximate surface area is 341 Å². The van der Waals surface area contributed by atoms with Gasteiger partial charge in [0, 0.05) is 12.8 Å². The molecular formula is C48H94N2O5. The summed E-state index contributed by atoms with van der Waals surface area (Å²) >= 11 is 0. The molecule has 0 aromatic heterocycles. The molecule has 7 nitrogen and oxygen atoms in total. The molecule has 0 heterocycles. The Hall–Kier alpha value is -1.63. The summed E-state index contributed by atoms with van der Waals surface area (Å²) < 4.78 is 6.08. The number of esters is 1. The second-order valence-electron chi connectivity index (χ2n) is 16.9. The number of ether oxygens (including phenoxy) is 1. The number of carbonyl (C=O) groups excluding carboxylic acids is 2. The fraction of sp³-hybridized carbons (Fsp3) is 0.938. The normalized spacial score (nSPS) is 12.5. The van der Waals surface area contributed by atoms with Gasteiger partial charge in [-0.1, -0.05) is 206 Å². The third-order valence-electron chi connectivity index (χ3n) is 11.4. The van der Waals surface area contributed by atoms with Crippen LogP contribution in [-0.4, -0.2) is 41.6 Å². The molecule has 0 spiro atoms. The van der Waals surface area contributed by atoms with Gasteiger partial charge in [-0.2, -0.15) is 0 Å². The first-order valence-corrected chi connectivity index (χ1v) is 24.4. The lowest BCUT2D eigenvalue weighted by molar-refractivity contribution is -0.150. The van der Waals surface area contributed by atoms with Crippen LogP contribution in [0.4, 0.5) is 0 Å². The van der Waals surface area contributed by atoms with Crippen LogP contribution >= 0.6 is 0 Å². The van der Waals surface area contributed by atoms with Gasteiger partial charge in [0.15, 0.2) is 0 Å². The summed E-state index contributed by atoms with van der Waals surface area (Å²) in [5.74, 6) is -1.21. The molecule has 0 aliphatic heterocycles. The molecule has 0 fully saturated rings. The van der Waals surface area contributed by atoms with Crippen LogP contribution in [0.3, 0.4) is 0 Å². The van der Waals surface area contributed by atoms with E-state index in [9.17, 15) is 19.5 Å². The summed E-state index contributed by atoms with van der Waals surface area (Å²) in [5, 5.41) is 12.0. The molecule has 0 radical (unpaired) electrons. The van der Waals surface area contributed by atoms with Crippen LogP contribution in [0.25, 0.3) is 0 Å². The molecule has 2 atom stereocenters. The van der Waals surface area contributed by atoms with E-state index in [1.165, 1.54) is 167 Å². The number of aliphatic carboxylic acids is 1. The van der Waals surface area contributed by atoms with E-state index in [0.717, 1.165) is 64.2 Å². The van der Waals surface area contributed by atoms with Gasteiger partial charge >= 0.3 is 11.9 Å².